The first kappa shape index (κ1) is 16.7. The number of rotatable bonds is 7. The van der Waals surface area contributed by atoms with Gasteiger partial charge >= 0.3 is 5.97 Å². The molecular weight excluding hydrogens is 272 g/mol. The van der Waals surface area contributed by atoms with Gasteiger partial charge in [0.1, 0.15) is 6.04 Å². The second-order valence-electron chi connectivity index (χ2n) is 4.69. The van der Waals surface area contributed by atoms with E-state index in [9.17, 15) is 14.7 Å². The number of hydrogen-bond donors (Lipinski definition) is 2. The predicted molar refractivity (Wildman–Crippen MR) is 75.2 cm³/mol. The van der Waals surface area contributed by atoms with E-state index in [2.05, 4.69) is 5.32 Å². The molecule has 0 aliphatic rings. The van der Waals surface area contributed by atoms with Gasteiger partial charge < -0.3 is 15.2 Å². The van der Waals surface area contributed by atoms with Gasteiger partial charge in [0.25, 0.3) is 5.91 Å². The molecular formula is C15H18N2O4. The molecule has 0 saturated heterocycles. The van der Waals surface area contributed by atoms with Gasteiger partial charge in [0.15, 0.2) is 6.10 Å². The Morgan fingerprint density at radius 1 is 1.38 bits per heavy atom. The molecule has 112 valence electrons. The van der Waals surface area contributed by atoms with Crippen molar-refractivity contribution in [2.75, 3.05) is 7.11 Å². The summed E-state index contributed by atoms with van der Waals surface area (Å²) in [6, 6.07) is 9.57. The third-order valence-electron chi connectivity index (χ3n) is 3.12. The summed E-state index contributed by atoms with van der Waals surface area (Å²) < 4.78 is 5.15. The normalized spacial score (nSPS) is 14.5. The molecule has 3 atom stereocenters. The van der Waals surface area contributed by atoms with Crippen molar-refractivity contribution in [3.63, 3.8) is 0 Å². The maximum Gasteiger partial charge on any atom is 0.326 e. The largest absolute Gasteiger partial charge is 0.480 e. The lowest BCUT2D eigenvalue weighted by molar-refractivity contribution is -0.145. The van der Waals surface area contributed by atoms with Gasteiger partial charge in [-0.3, -0.25) is 4.79 Å². The standard InChI is InChI=1S/C15H18N2O4/c1-10(8-9-16)12(15(19)20)17-14(18)13(21-2)11-6-4-3-5-7-11/h3-7,10,12-13H,8H2,1-2H3,(H,17,18)(H,19,20)/t10-,12-,13+/m1/s1. The molecule has 1 aromatic carbocycles. The van der Waals surface area contributed by atoms with Crippen LogP contribution < -0.4 is 5.32 Å². The Bertz CT molecular complexity index is 524. The van der Waals surface area contributed by atoms with Gasteiger partial charge in [-0.15, -0.1) is 0 Å². The molecule has 0 unspecified atom stereocenters. The summed E-state index contributed by atoms with van der Waals surface area (Å²) in [6.45, 7) is 1.60. The van der Waals surface area contributed by atoms with Crippen LogP contribution in [0.15, 0.2) is 30.3 Å². The number of methoxy groups -OCH3 is 1. The summed E-state index contributed by atoms with van der Waals surface area (Å²) >= 11 is 0. The first-order valence-electron chi connectivity index (χ1n) is 6.49. The van der Waals surface area contributed by atoms with Crippen molar-refractivity contribution in [3.8, 4) is 6.07 Å². The van der Waals surface area contributed by atoms with E-state index >= 15 is 0 Å². The summed E-state index contributed by atoms with van der Waals surface area (Å²) in [5.74, 6) is -2.21. The number of carboxylic acids is 1. The summed E-state index contributed by atoms with van der Waals surface area (Å²) in [7, 11) is 1.38. The SMILES string of the molecule is CO[C@H](C(=O)N[C@@H](C(=O)O)[C@H](C)CC#N)c1ccccc1. The lowest BCUT2D eigenvalue weighted by Gasteiger charge is -2.22. The molecule has 1 amide bonds. The van der Waals surface area contributed by atoms with E-state index in [-0.39, 0.29) is 6.42 Å². The predicted octanol–water partition coefficient (Wildman–Crippen LogP) is 1.49. The second-order valence-corrected chi connectivity index (χ2v) is 4.69. The molecule has 0 spiro atoms. The first-order valence-corrected chi connectivity index (χ1v) is 6.49. The zero-order chi connectivity index (χ0) is 15.8. The zero-order valence-electron chi connectivity index (χ0n) is 11.9. The molecule has 1 rings (SSSR count). The van der Waals surface area contributed by atoms with Crippen molar-refractivity contribution in [2.45, 2.75) is 25.5 Å². The number of amides is 1. The van der Waals surface area contributed by atoms with Crippen LogP contribution >= 0.6 is 0 Å². The Morgan fingerprint density at radius 2 is 2.00 bits per heavy atom. The number of ether oxygens (including phenoxy) is 1. The zero-order valence-corrected chi connectivity index (χ0v) is 11.9. The number of carbonyl (C=O) groups is 2. The highest BCUT2D eigenvalue weighted by atomic mass is 16.5. The number of nitrogens with zero attached hydrogens (tertiary/aromatic N) is 1. The number of hydrogen-bond acceptors (Lipinski definition) is 4. The molecule has 0 aromatic heterocycles. The second kappa shape index (κ2) is 8.02. The van der Waals surface area contributed by atoms with Gasteiger partial charge in [0, 0.05) is 19.4 Å². The minimum absolute atomic E-state index is 0.0419. The first-order chi connectivity index (χ1) is 10.0. The van der Waals surface area contributed by atoms with Crippen LogP contribution in [0.1, 0.15) is 25.0 Å². The molecule has 0 fully saturated rings. The molecule has 0 aliphatic carbocycles. The van der Waals surface area contributed by atoms with Gasteiger partial charge in [0.2, 0.25) is 0 Å². The molecule has 6 nitrogen and oxygen atoms in total. The summed E-state index contributed by atoms with van der Waals surface area (Å²) in [4.78, 5) is 23.4. The molecule has 0 aliphatic heterocycles. The van der Waals surface area contributed by atoms with Gasteiger partial charge in [-0.25, -0.2) is 4.79 Å². The molecule has 0 bridgehead atoms. The van der Waals surface area contributed by atoms with Crippen LogP contribution in [-0.4, -0.2) is 30.1 Å². The number of benzene rings is 1. The highest BCUT2D eigenvalue weighted by molar-refractivity contribution is 5.87. The third kappa shape index (κ3) is 4.58. The smallest absolute Gasteiger partial charge is 0.326 e. The Morgan fingerprint density at radius 3 is 2.48 bits per heavy atom. The average molecular weight is 290 g/mol. The van der Waals surface area contributed by atoms with Crippen LogP contribution in [0.4, 0.5) is 0 Å². The fourth-order valence-corrected chi connectivity index (χ4v) is 1.96. The lowest BCUT2D eigenvalue weighted by atomic mass is 9.98. The Labute approximate surface area is 123 Å². The van der Waals surface area contributed by atoms with Gasteiger partial charge in [0.05, 0.1) is 6.07 Å². The quantitative estimate of drug-likeness (QED) is 0.792. The topological polar surface area (TPSA) is 99.4 Å². The molecule has 0 saturated carbocycles. The monoisotopic (exact) mass is 290 g/mol. The molecule has 0 heterocycles. The minimum Gasteiger partial charge on any atom is -0.480 e. The Balaban J connectivity index is 2.85. The summed E-state index contributed by atoms with van der Waals surface area (Å²) in [5, 5.41) is 20.3. The van der Waals surface area contributed by atoms with Crippen LogP contribution in [0, 0.1) is 17.2 Å². The van der Waals surface area contributed by atoms with Crippen LogP contribution in [-0.2, 0) is 14.3 Å². The maximum atomic E-state index is 12.2. The Kier molecular flexibility index (Phi) is 6.37. The van der Waals surface area contributed by atoms with Crippen molar-refractivity contribution in [2.24, 2.45) is 5.92 Å². The molecule has 0 radical (unpaired) electrons. The van der Waals surface area contributed by atoms with Gasteiger partial charge in [-0.2, -0.15) is 5.26 Å². The molecule has 2 N–H and O–H groups in total. The number of nitrogens with one attached hydrogen (secondary N) is 1. The number of carbonyl (C=O) groups excluding carboxylic acids is 1. The van der Waals surface area contributed by atoms with Crippen molar-refractivity contribution in [3.05, 3.63) is 35.9 Å². The fourth-order valence-electron chi connectivity index (χ4n) is 1.96. The number of carboxylic acid groups (broad SMARTS) is 1. The van der Waals surface area contributed by atoms with E-state index in [1.54, 1.807) is 31.2 Å². The van der Waals surface area contributed by atoms with Crippen LogP contribution in [0.2, 0.25) is 0 Å². The Hall–Kier alpha value is -2.39. The average Bonchev–Trinajstić information content (AvgIpc) is 2.46. The fraction of sp³-hybridized carbons (Fsp3) is 0.400. The van der Waals surface area contributed by atoms with Gasteiger partial charge in [-0.1, -0.05) is 37.3 Å². The van der Waals surface area contributed by atoms with E-state index in [0.29, 0.717) is 5.56 Å². The van der Waals surface area contributed by atoms with Crippen molar-refractivity contribution in [1.29, 1.82) is 5.26 Å². The van der Waals surface area contributed by atoms with E-state index in [1.807, 2.05) is 12.1 Å². The lowest BCUT2D eigenvalue weighted by Crippen LogP contribution is -2.47. The molecule has 1 aromatic rings. The molecule has 21 heavy (non-hydrogen) atoms. The van der Waals surface area contributed by atoms with Crippen molar-refractivity contribution < 1.29 is 19.4 Å². The van der Waals surface area contributed by atoms with Crippen molar-refractivity contribution >= 4 is 11.9 Å². The minimum atomic E-state index is -1.17. The van der Waals surface area contributed by atoms with E-state index < -0.39 is 29.9 Å². The molecule has 6 heteroatoms. The highest BCUT2D eigenvalue weighted by Crippen LogP contribution is 2.17. The third-order valence-corrected chi connectivity index (χ3v) is 3.12. The number of aliphatic carboxylic acids is 1. The van der Waals surface area contributed by atoms with Crippen LogP contribution in [0.5, 0.6) is 0 Å². The summed E-state index contributed by atoms with van der Waals surface area (Å²) in [5.41, 5.74) is 0.634. The number of nitriles is 1. The van der Waals surface area contributed by atoms with Crippen molar-refractivity contribution in [1.82, 2.24) is 5.32 Å². The van der Waals surface area contributed by atoms with E-state index in [0.717, 1.165) is 0 Å². The summed E-state index contributed by atoms with van der Waals surface area (Å²) in [6.07, 6.45) is -0.845. The van der Waals surface area contributed by atoms with Gasteiger partial charge in [-0.05, 0) is 5.56 Å². The van der Waals surface area contributed by atoms with Crippen LogP contribution in [0.25, 0.3) is 0 Å². The maximum absolute atomic E-state index is 12.2. The van der Waals surface area contributed by atoms with E-state index in [4.69, 9.17) is 10.00 Å². The van der Waals surface area contributed by atoms with Crippen LogP contribution in [0.3, 0.4) is 0 Å². The van der Waals surface area contributed by atoms with E-state index in [1.165, 1.54) is 7.11 Å². The highest BCUT2D eigenvalue weighted by Gasteiger charge is 2.30.